The molecule has 23 heavy (non-hydrogen) atoms. The first-order chi connectivity index (χ1) is 10.6. The Bertz CT molecular complexity index is 574. The molecule has 1 aromatic rings. The molecule has 1 saturated carbocycles. The summed E-state index contributed by atoms with van der Waals surface area (Å²) in [5.74, 6) is 1.23. The van der Waals surface area contributed by atoms with Gasteiger partial charge in [0.15, 0.2) is 0 Å². The first-order valence-electron chi connectivity index (χ1n) is 7.84. The highest BCUT2D eigenvalue weighted by Gasteiger charge is 2.58. The molecule has 0 aromatic heterocycles. The molecule has 2 fully saturated rings. The maximum atomic E-state index is 12.7. The minimum absolute atomic E-state index is 0. The number of nitrogens with zero attached hydrogens (tertiary/aromatic N) is 1. The van der Waals surface area contributed by atoms with Crippen molar-refractivity contribution in [1.82, 2.24) is 10.2 Å². The fraction of sp³-hybridized carbons (Fsp3) is 0.588. The number of hydrogen-bond acceptors (Lipinski definition) is 3. The number of methoxy groups -OCH3 is 1. The van der Waals surface area contributed by atoms with Gasteiger partial charge in [-0.25, -0.2) is 0 Å². The van der Waals surface area contributed by atoms with Crippen molar-refractivity contribution < 1.29 is 9.53 Å². The van der Waals surface area contributed by atoms with Gasteiger partial charge in [-0.05, 0) is 56.0 Å². The molecular weight excluding hydrogens is 335 g/mol. The Morgan fingerprint density at radius 3 is 2.78 bits per heavy atom. The van der Waals surface area contributed by atoms with Crippen molar-refractivity contribution >= 4 is 29.9 Å². The molecule has 1 amide bonds. The molecule has 128 valence electrons. The van der Waals surface area contributed by atoms with Crippen molar-refractivity contribution in [3.63, 3.8) is 0 Å². The second-order valence-electron chi connectivity index (χ2n) is 6.52. The Morgan fingerprint density at radius 2 is 2.13 bits per heavy atom. The highest BCUT2D eigenvalue weighted by atomic mass is 35.5. The van der Waals surface area contributed by atoms with Gasteiger partial charge in [0, 0.05) is 30.1 Å². The summed E-state index contributed by atoms with van der Waals surface area (Å²) in [5, 5.41) is 4.04. The molecule has 1 aromatic carbocycles. The number of carbonyl (C=O) groups excluding carboxylic acids is 1. The van der Waals surface area contributed by atoms with Gasteiger partial charge in [-0.3, -0.25) is 4.79 Å². The second kappa shape index (κ2) is 7.29. The first kappa shape index (κ1) is 18.4. The number of benzene rings is 1. The zero-order valence-electron chi connectivity index (χ0n) is 13.6. The van der Waals surface area contributed by atoms with Gasteiger partial charge in [0.1, 0.15) is 5.75 Å². The molecule has 1 unspecified atom stereocenters. The standard InChI is InChI=1S/C17H23ClN2O2.ClH/c1-20(11-12-9-13(18)3-4-15(12)22-2)16(21)14-10-17(14)5-7-19-8-6-17;/h3-4,9,14,19H,5-8,10-11H2,1-2H3;1H. The summed E-state index contributed by atoms with van der Waals surface area (Å²) in [6.45, 7) is 2.61. The van der Waals surface area contributed by atoms with Crippen LogP contribution in [0.1, 0.15) is 24.8 Å². The van der Waals surface area contributed by atoms with E-state index in [-0.39, 0.29) is 29.6 Å². The predicted molar refractivity (Wildman–Crippen MR) is 94.4 cm³/mol. The predicted octanol–water partition coefficient (Wildman–Crippen LogP) is 3.12. The third-order valence-electron chi connectivity index (χ3n) is 5.11. The molecule has 1 saturated heterocycles. The molecule has 2 aliphatic rings. The van der Waals surface area contributed by atoms with Crippen LogP contribution in [0.2, 0.25) is 5.02 Å². The van der Waals surface area contributed by atoms with E-state index in [9.17, 15) is 4.79 Å². The molecule has 6 heteroatoms. The monoisotopic (exact) mass is 358 g/mol. The van der Waals surface area contributed by atoms with Gasteiger partial charge in [0.2, 0.25) is 5.91 Å². The van der Waals surface area contributed by atoms with Crippen LogP contribution in [0.5, 0.6) is 5.75 Å². The van der Waals surface area contributed by atoms with Gasteiger partial charge >= 0.3 is 0 Å². The SMILES string of the molecule is COc1ccc(Cl)cc1CN(C)C(=O)C1CC12CCNCC2.Cl. The minimum Gasteiger partial charge on any atom is -0.496 e. The van der Waals surface area contributed by atoms with Crippen molar-refractivity contribution in [2.75, 3.05) is 27.2 Å². The van der Waals surface area contributed by atoms with Gasteiger partial charge in [-0.1, -0.05) is 11.6 Å². The van der Waals surface area contributed by atoms with Crippen molar-refractivity contribution in [1.29, 1.82) is 0 Å². The fourth-order valence-electron chi connectivity index (χ4n) is 3.64. The van der Waals surface area contributed by atoms with E-state index < -0.39 is 0 Å². The molecule has 3 rings (SSSR count). The van der Waals surface area contributed by atoms with Crippen molar-refractivity contribution in [3.05, 3.63) is 28.8 Å². The number of rotatable bonds is 4. The van der Waals surface area contributed by atoms with Crippen molar-refractivity contribution in [2.45, 2.75) is 25.8 Å². The number of carbonyl (C=O) groups is 1. The lowest BCUT2D eigenvalue weighted by atomic mass is 9.91. The van der Waals surface area contributed by atoms with E-state index in [4.69, 9.17) is 16.3 Å². The zero-order valence-corrected chi connectivity index (χ0v) is 15.2. The quantitative estimate of drug-likeness (QED) is 0.898. The largest absolute Gasteiger partial charge is 0.496 e. The van der Waals surface area contributed by atoms with Crippen LogP contribution >= 0.6 is 24.0 Å². The maximum absolute atomic E-state index is 12.7. The third kappa shape index (κ3) is 3.76. The van der Waals surface area contributed by atoms with E-state index in [1.165, 1.54) is 0 Å². The van der Waals surface area contributed by atoms with Crippen molar-refractivity contribution in [2.24, 2.45) is 11.3 Å². The van der Waals surface area contributed by atoms with E-state index in [2.05, 4.69) is 5.32 Å². The summed E-state index contributed by atoms with van der Waals surface area (Å²) in [6.07, 6.45) is 3.29. The molecule has 1 heterocycles. The van der Waals surface area contributed by atoms with Gasteiger partial charge in [0.25, 0.3) is 0 Å². The lowest BCUT2D eigenvalue weighted by Crippen LogP contribution is -2.34. The average molecular weight is 359 g/mol. The molecule has 4 nitrogen and oxygen atoms in total. The Labute approximate surface area is 148 Å². The topological polar surface area (TPSA) is 41.6 Å². The summed E-state index contributed by atoms with van der Waals surface area (Å²) in [7, 11) is 3.51. The van der Waals surface area contributed by atoms with E-state index in [0.717, 1.165) is 43.7 Å². The summed E-state index contributed by atoms with van der Waals surface area (Å²) in [6, 6.07) is 5.52. The maximum Gasteiger partial charge on any atom is 0.226 e. The lowest BCUT2D eigenvalue weighted by molar-refractivity contribution is -0.132. The molecule has 1 aliphatic carbocycles. The van der Waals surface area contributed by atoms with Gasteiger partial charge < -0.3 is 15.0 Å². The smallest absolute Gasteiger partial charge is 0.226 e. The average Bonchev–Trinajstić information content (AvgIpc) is 3.20. The number of nitrogens with one attached hydrogen (secondary N) is 1. The molecular formula is C17H24Cl2N2O2. The van der Waals surface area contributed by atoms with Crippen LogP contribution in [0.3, 0.4) is 0 Å². The van der Waals surface area contributed by atoms with E-state index >= 15 is 0 Å². The number of piperidine rings is 1. The zero-order chi connectivity index (χ0) is 15.7. The van der Waals surface area contributed by atoms with Crippen LogP contribution < -0.4 is 10.1 Å². The Morgan fingerprint density at radius 1 is 1.43 bits per heavy atom. The Hall–Kier alpha value is -0.970. The first-order valence-corrected chi connectivity index (χ1v) is 8.22. The van der Waals surface area contributed by atoms with Crippen LogP contribution in [-0.4, -0.2) is 38.1 Å². The number of hydrogen-bond donors (Lipinski definition) is 1. The Kier molecular flexibility index (Phi) is 5.82. The van der Waals surface area contributed by atoms with Crippen LogP contribution in [0.4, 0.5) is 0 Å². The van der Waals surface area contributed by atoms with Crippen LogP contribution in [0.25, 0.3) is 0 Å². The van der Waals surface area contributed by atoms with Gasteiger partial charge in [0.05, 0.1) is 7.11 Å². The molecule has 0 bridgehead atoms. The normalized spacial score (nSPS) is 21.4. The molecule has 1 spiro atoms. The van der Waals surface area contributed by atoms with Crippen molar-refractivity contribution in [3.8, 4) is 5.75 Å². The summed E-state index contributed by atoms with van der Waals surface area (Å²) in [4.78, 5) is 14.5. The third-order valence-corrected chi connectivity index (χ3v) is 5.35. The highest BCUT2D eigenvalue weighted by Crippen LogP contribution is 2.59. The fourth-order valence-corrected chi connectivity index (χ4v) is 3.84. The number of halogens is 2. The van der Waals surface area contributed by atoms with Gasteiger partial charge in [-0.2, -0.15) is 0 Å². The summed E-state index contributed by atoms with van der Waals surface area (Å²) >= 11 is 6.06. The van der Waals surface area contributed by atoms with E-state index in [1.54, 1.807) is 13.2 Å². The Balaban J connectivity index is 0.00000192. The molecule has 1 N–H and O–H groups in total. The highest BCUT2D eigenvalue weighted by molar-refractivity contribution is 6.30. The summed E-state index contributed by atoms with van der Waals surface area (Å²) in [5.41, 5.74) is 1.22. The number of ether oxygens (including phenoxy) is 1. The lowest BCUT2D eigenvalue weighted by Gasteiger charge is -2.25. The van der Waals surface area contributed by atoms with Gasteiger partial charge in [-0.15, -0.1) is 12.4 Å². The number of amides is 1. The molecule has 1 aliphatic heterocycles. The van der Waals surface area contributed by atoms with E-state index in [1.807, 2.05) is 24.1 Å². The molecule has 1 atom stereocenters. The minimum atomic E-state index is 0. The second-order valence-corrected chi connectivity index (χ2v) is 6.96. The molecule has 0 radical (unpaired) electrons. The van der Waals surface area contributed by atoms with Crippen LogP contribution in [0.15, 0.2) is 18.2 Å². The summed E-state index contributed by atoms with van der Waals surface area (Å²) < 4.78 is 5.36. The van der Waals surface area contributed by atoms with E-state index in [0.29, 0.717) is 11.6 Å². The van der Waals surface area contributed by atoms with Crippen LogP contribution in [-0.2, 0) is 11.3 Å². The van der Waals surface area contributed by atoms with Crippen LogP contribution in [0, 0.1) is 11.3 Å².